The van der Waals surface area contributed by atoms with Crippen LogP contribution in [0.3, 0.4) is 0 Å². The number of sulfonamides is 1. The number of nitrogens with two attached hydrogens (primary N) is 1. The molecule has 4 N–H and O–H groups in total. The summed E-state index contributed by atoms with van der Waals surface area (Å²) in [4.78, 5) is 0. The van der Waals surface area contributed by atoms with Crippen molar-refractivity contribution in [3.05, 3.63) is 0 Å². The third kappa shape index (κ3) is 3.79. The Kier molecular flexibility index (Phi) is 4.30. The minimum Gasteiger partial charge on any atom is -0.386 e. The van der Waals surface area contributed by atoms with E-state index < -0.39 is 20.8 Å². The maximum Gasteiger partial charge on any atom is 0.217 e. The molecule has 0 aliphatic carbocycles. The van der Waals surface area contributed by atoms with Gasteiger partial charge in [0.1, 0.15) is 5.84 Å². The fourth-order valence-corrected chi connectivity index (χ4v) is 1.99. The lowest BCUT2D eigenvalue weighted by Gasteiger charge is -2.26. The van der Waals surface area contributed by atoms with Crippen LogP contribution in [0.1, 0.15) is 34.6 Å². The molecule has 0 aromatic heterocycles. The van der Waals surface area contributed by atoms with Crippen molar-refractivity contribution >= 4 is 15.9 Å². The van der Waals surface area contributed by atoms with E-state index >= 15 is 0 Å². The molecule has 1 atom stereocenters. The SMILES string of the molecule is CC(C)C(NS(=O)(=O)C(C)(C)C)C(=N)N. The van der Waals surface area contributed by atoms with Crippen LogP contribution in [0.2, 0.25) is 0 Å². The highest BCUT2D eigenvalue weighted by atomic mass is 32.2. The van der Waals surface area contributed by atoms with Gasteiger partial charge in [0.25, 0.3) is 0 Å². The second-order valence-electron chi connectivity index (χ2n) is 4.91. The number of amidine groups is 1. The van der Waals surface area contributed by atoms with Crippen molar-refractivity contribution in [2.45, 2.75) is 45.4 Å². The first-order valence-electron chi connectivity index (χ1n) is 4.85. The maximum absolute atomic E-state index is 11.8. The molecule has 0 aromatic rings. The summed E-state index contributed by atoms with van der Waals surface area (Å²) in [6, 6.07) is -0.630. The molecule has 1 unspecified atom stereocenters. The Morgan fingerprint density at radius 1 is 1.33 bits per heavy atom. The summed E-state index contributed by atoms with van der Waals surface area (Å²) in [6.07, 6.45) is 0. The van der Waals surface area contributed by atoms with Gasteiger partial charge in [-0.25, -0.2) is 13.1 Å². The molecule has 0 spiro atoms. The van der Waals surface area contributed by atoms with Crippen LogP contribution in [0, 0.1) is 11.3 Å². The predicted octanol–water partition coefficient (Wildman–Crippen LogP) is 0.665. The monoisotopic (exact) mass is 235 g/mol. The molecule has 0 saturated carbocycles. The number of hydrogen-bond acceptors (Lipinski definition) is 3. The maximum atomic E-state index is 11.8. The Bertz CT molecular complexity index is 328. The molecule has 0 fully saturated rings. The fourth-order valence-electron chi connectivity index (χ4n) is 0.903. The van der Waals surface area contributed by atoms with Crippen molar-refractivity contribution in [1.82, 2.24) is 4.72 Å². The van der Waals surface area contributed by atoms with Gasteiger partial charge in [-0.1, -0.05) is 13.8 Å². The summed E-state index contributed by atoms with van der Waals surface area (Å²) in [7, 11) is -3.46. The van der Waals surface area contributed by atoms with E-state index in [0.717, 1.165) is 0 Å². The first-order valence-corrected chi connectivity index (χ1v) is 6.33. The van der Waals surface area contributed by atoms with Gasteiger partial charge in [0.05, 0.1) is 10.8 Å². The Balaban J connectivity index is 4.93. The Morgan fingerprint density at radius 2 is 1.73 bits per heavy atom. The topological polar surface area (TPSA) is 96.0 Å². The summed E-state index contributed by atoms with van der Waals surface area (Å²) in [6.45, 7) is 8.45. The largest absolute Gasteiger partial charge is 0.386 e. The molecule has 0 aliphatic heterocycles. The Labute approximate surface area is 92.0 Å². The lowest BCUT2D eigenvalue weighted by Crippen LogP contribution is -2.52. The molecule has 0 radical (unpaired) electrons. The average molecular weight is 235 g/mol. The minimum absolute atomic E-state index is 0.0420. The van der Waals surface area contributed by atoms with Crippen molar-refractivity contribution in [2.75, 3.05) is 0 Å². The smallest absolute Gasteiger partial charge is 0.217 e. The van der Waals surface area contributed by atoms with Gasteiger partial charge in [-0.2, -0.15) is 0 Å². The van der Waals surface area contributed by atoms with Crippen LogP contribution in [0.25, 0.3) is 0 Å². The van der Waals surface area contributed by atoms with Gasteiger partial charge in [-0.3, -0.25) is 5.41 Å². The van der Waals surface area contributed by atoms with Crippen LogP contribution < -0.4 is 10.5 Å². The summed E-state index contributed by atoms with van der Waals surface area (Å²) in [5.41, 5.74) is 5.34. The van der Waals surface area contributed by atoms with Gasteiger partial charge in [0, 0.05) is 0 Å². The highest BCUT2D eigenvalue weighted by Crippen LogP contribution is 2.15. The van der Waals surface area contributed by atoms with E-state index in [1.165, 1.54) is 0 Å². The lowest BCUT2D eigenvalue weighted by atomic mass is 10.1. The molecule has 0 saturated heterocycles. The summed E-state index contributed by atoms with van der Waals surface area (Å²) >= 11 is 0. The molecule has 0 rings (SSSR count). The minimum atomic E-state index is -3.46. The highest BCUT2D eigenvalue weighted by Gasteiger charge is 2.33. The van der Waals surface area contributed by atoms with Gasteiger partial charge in [-0.05, 0) is 26.7 Å². The zero-order chi connectivity index (χ0) is 12.4. The molecule has 0 heterocycles. The summed E-state index contributed by atoms with van der Waals surface area (Å²) in [5.74, 6) is -0.197. The van der Waals surface area contributed by atoms with Gasteiger partial charge < -0.3 is 5.73 Å². The number of nitrogens with one attached hydrogen (secondary N) is 2. The Morgan fingerprint density at radius 3 is 1.93 bits per heavy atom. The molecular weight excluding hydrogens is 214 g/mol. The van der Waals surface area contributed by atoms with Crippen molar-refractivity contribution < 1.29 is 8.42 Å². The summed E-state index contributed by atoms with van der Waals surface area (Å²) < 4.78 is 25.2. The standard InChI is InChI=1S/C9H21N3O2S/c1-6(2)7(8(10)11)12-15(13,14)9(3,4)5/h6-7,12H,1-5H3,(H3,10,11). The van der Waals surface area contributed by atoms with Gasteiger partial charge >= 0.3 is 0 Å². The normalized spacial score (nSPS) is 15.3. The molecule has 90 valence electrons. The molecule has 15 heavy (non-hydrogen) atoms. The van der Waals surface area contributed by atoms with E-state index in [4.69, 9.17) is 11.1 Å². The van der Waals surface area contributed by atoms with Crippen LogP contribution in [-0.4, -0.2) is 25.0 Å². The van der Waals surface area contributed by atoms with Crippen LogP contribution in [-0.2, 0) is 10.0 Å². The first kappa shape index (κ1) is 14.4. The van der Waals surface area contributed by atoms with E-state index in [2.05, 4.69) is 4.72 Å². The van der Waals surface area contributed by atoms with Crippen molar-refractivity contribution in [2.24, 2.45) is 11.7 Å². The van der Waals surface area contributed by atoms with E-state index in [0.29, 0.717) is 0 Å². The molecule has 5 nitrogen and oxygen atoms in total. The van der Waals surface area contributed by atoms with Crippen LogP contribution in [0.4, 0.5) is 0 Å². The second-order valence-corrected chi connectivity index (χ2v) is 7.38. The third-order valence-electron chi connectivity index (χ3n) is 2.09. The van der Waals surface area contributed by atoms with Gasteiger partial charge in [0.2, 0.25) is 10.0 Å². The number of rotatable bonds is 4. The van der Waals surface area contributed by atoms with Gasteiger partial charge in [0.15, 0.2) is 0 Å². The molecule has 6 heteroatoms. The summed E-state index contributed by atoms with van der Waals surface area (Å²) in [5, 5.41) is 7.32. The third-order valence-corrected chi connectivity index (χ3v) is 4.27. The average Bonchev–Trinajstić information content (AvgIpc) is 1.96. The molecule has 0 amide bonds. The molecule has 0 bridgehead atoms. The lowest BCUT2D eigenvalue weighted by molar-refractivity contribution is 0.502. The highest BCUT2D eigenvalue weighted by molar-refractivity contribution is 7.90. The van der Waals surface area contributed by atoms with Crippen molar-refractivity contribution in [3.8, 4) is 0 Å². The van der Waals surface area contributed by atoms with Crippen LogP contribution in [0.15, 0.2) is 0 Å². The first-order chi connectivity index (χ1) is 6.49. The van der Waals surface area contributed by atoms with Crippen LogP contribution in [0.5, 0.6) is 0 Å². The van der Waals surface area contributed by atoms with E-state index in [9.17, 15) is 8.42 Å². The predicted molar refractivity (Wildman–Crippen MR) is 62.3 cm³/mol. The van der Waals surface area contributed by atoms with E-state index in [1.807, 2.05) is 13.8 Å². The second kappa shape index (κ2) is 4.49. The van der Waals surface area contributed by atoms with E-state index in [1.54, 1.807) is 20.8 Å². The zero-order valence-corrected chi connectivity index (χ0v) is 10.8. The van der Waals surface area contributed by atoms with Crippen molar-refractivity contribution in [3.63, 3.8) is 0 Å². The molecular formula is C9H21N3O2S. The van der Waals surface area contributed by atoms with Crippen molar-refractivity contribution in [1.29, 1.82) is 5.41 Å². The fraction of sp³-hybridized carbons (Fsp3) is 0.889. The zero-order valence-electron chi connectivity index (χ0n) is 9.96. The molecule has 0 aliphatic rings. The van der Waals surface area contributed by atoms with Gasteiger partial charge in [-0.15, -0.1) is 0 Å². The number of hydrogen-bond donors (Lipinski definition) is 3. The van der Waals surface area contributed by atoms with E-state index in [-0.39, 0.29) is 11.8 Å². The molecule has 0 aromatic carbocycles. The quantitative estimate of drug-likeness (QED) is 0.493. The van der Waals surface area contributed by atoms with Crippen LogP contribution >= 0.6 is 0 Å². The Hall–Kier alpha value is -0.620.